The highest BCUT2D eigenvalue weighted by atomic mass is 35.5. The summed E-state index contributed by atoms with van der Waals surface area (Å²) in [7, 11) is 0.926. The summed E-state index contributed by atoms with van der Waals surface area (Å²) in [6, 6.07) is 4.83. The first kappa shape index (κ1) is 18.0. The number of likely N-dealkylation sites (N-methyl/N-ethyl adjacent to an activating group) is 1. The van der Waals surface area contributed by atoms with Gasteiger partial charge < -0.3 is 14.8 Å². The van der Waals surface area contributed by atoms with Crippen molar-refractivity contribution >= 4 is 22.4 Å². The van der Waals surface area contributed by atoms with E-state index in [1.165, 1.54) is 14.2 Å². The molecule has 0 fully saturated rings. The summed E-state index contributed by atoms with van der Waals surface area (Å²) in [6.45, 7) is 0.830. The zero-order chi connectivity index (χ0) is 13.6. The Hall–Kier alpha value is -1.02. The molecule has 0 aliphatic carbocycles. The lowest BCUT2D eigenvalue weighted by Gasteiger charge is -2.13. The van der Waals surface area contributed by atoms with Gasteiger partial charge in [0.15, 0.2) is 4.90 Å². The maximum atomic E-state index is 12.2. The maximum absolute atomic E-state index is 12.2. The van der Waals surface area contributed by atoms with Crippen LogP contribution in [0.3, 0.4) is 0 Å². The van der Waals surface area contributed by atoms with Crippen LogP contribution in [0.1, 0.15) is 0 Å². The summed E-state index contributed by atoms with van der Waals surface area (Å²) < 4.78 is 36.9. The molecule has 0 spiro atoms. The van der Waals surface area contributed by atoms with E-state index >= 15 is 0 Å². The molecule has 6 nitrogen and oxygen atoms in total. The van der Waals surface area contributed by atoms with E-state index in [9.17, 15) is 8.42 Å². The molecule has 8 heteroatoms. The Morgan fingerprint density at radius 2 is 1.63 bits per heavy atom. The van der Waals surface area contributed by atoms with E-state index < -0.39 is 10.0 Å². The van der Waals surface area contributed by atoms with Gasteiger partial charge >= 0.3 is 0 Å². The van der Waals surface area contributed by atoms with Gasteiger partial charge in [0.05, 0.1) is 14.2 Å². The molecule has 2 N–H and O–H groups in total. The number of benzene rings is 1. The molecular formula is C11H19ClN2O4S. The van der Waals surface area contributed by atoms with Crippen molar-refractivity contribution in [2.75, 3.05) is 34.4 Å². The van der Waals surface area contributed by atoms with E-state index in [-0.39, 0.29) is 28.8 Å². The van der Waals surface area contributed by atoms with E-state index in [4.69, 9.17) is 9.47 Å². The minimum Gasteiger partial charge on any atom is -0.495 e. The first-order valence-corrected chi connectivity index (χ1v) is 6.90. The van der Waals surface area contributed by atoms with Crippen molar-refractivity contribution in [1.82, 2.24) is 10.0 Å². The normalized spacial score (nSPS) is 10.7. The summed E-state index contributed by atoms with van der Waals surface area (Å²) >= 11 is 0. The average molecular weight is 311 g/mol. The van der Waals surface area contributed by atoms with Crippen LogP contribution in [0.25, 0.3) is 0 Å². The first-order valence-electron chi connectivity index (χ1n) is 5.42. The van der Waals surface area contributed by atoms with Crippen molar-refractivity contribution in [2.45, 2.75) is 4.90 Å². The minimum absolute atomic E-state index is 0. The fourth-order valence-electron chi connectivity index (χ4n) is 1.46. The second kappa shape index (κ2) is 8.21. The van der Waals surface area contributed by atoms with Gasteiger partial charge in [-0.05, 0) is 19.2 Å². The number of rotatable bonds is 7. The zero-order valence-corrected chi connectivity index (χ0v) is 12.7. The largest absolute Gasteiger partial charge is 0.495 e. The van der Waals surface area contributed by atoms with Crippen LogP contribution >= 0.6 is 12.4 Å². The predicted molar refractivity (Wildman–Crippen MR) is 75.9 cm³/mol. The molecule has 1 aromatic carbocycles. The molecule has 19 heavy (non-hydrogen) atoms. The van der Waals surface area contributed by atoms with Crippen LogP contribution in [0.5, 0.6) is 11.5 Å². The van der Waals surface area contributed by atoms with Gasteiger partial charge in [0.25, 0.3) is 0 Å². The molecule has 0 heterocycles. The van der Waals surface area contributed by atoms with E-state index in [0.717, 1.165) is 0 Å². The maximum Gasteiger partial charge on any atom is 0.248 e. The van der Waals surface area contributed by atoms with Gasteiger partial charge in [-0.15, -0.1) is 12.4 Å². The molecule has 0 bridgehead atoms. The van der Waals surface area contributed by atoms with Crippen LogP contribution in [-0.4, -0.2) is 42.8 Å². The molecule has 0 unspecified atom stereocenters. The van der Waals surface area contributed by atoms with Crippen molar-refractivity contribution in [1.29, 1.82) is 0 Å². The topological polar surface area (TPSA) is 76.7 Å². The molecule has 0 radical (unpaired) electrons. The lowest BCUT2D eigenvalue weighted by molar-refractivity contribution is 0.373. The third-order valence-corrected chi connectivity index (χ3v) is 3.84. The Labute approximate surface area is 119 Å². The zero-order valence-electron chi connectivity index (χ0n) is 11.1. The molecule has 110 valence electrons. The molecule has 0 aliphatic heterocycles. The third kappa shape index (κ3) is 4.54. The van der Waals surface area contributed by atoms with Crippen molar-refractivity contribution in [2.24, 2.45) is 0 Å². The fraction of sp³-hybridized carbons (Fsp3) is 0.455. The Morgan fingerprint density at radius 1 is 1.11 bits per heavy atom. The summed E-state index contributed by atoms with van der Waals surface area (Å²) in [5.41, 5.74) is 0. The van der Waals surface area contributed by atoms with Crippen LogP contribution in [0.4, 0.5) is 0 Å². The second-order valence-electron chi connectivity index (χ2n) is 3.49. The summed E-state index contributed by atoms with van der Waals surface area (Å²) in [4.78, 5) is 0.0195. The van der Waals surface area contributed by atoms with E-state index in [1.54, 1.807) is 25.2 Å². The highest BCUT2D eigenvalue weighted by Gasteiger charge is 2.23. The number of sulfonamides is 1. The lowest BCUT2D eigenvalue weighted by atomic mass is 10.3. The Morgan fingerprint density at radius 3 is 2.05 bits per heavy atom. The molecule has 1 rings (SSSR count). The molecular weight excluding hydrogens is 292 g/mol. The predicted octanol–water partition coefficient (Wildman–Crippen LogP) is 0.623. The van der Waals surface area contributed by atoms with Gasteiger partial charge in [-0.25, -0.2) is 13.1 Å². The van der Waals surface area contributed by atoms with Crippen molar-refractivity contribution in [3.63, 3.8) is 0 Å². The van der Waals surface area contributed by atoms with Gasteiger partial charge in [-0.2, -0.15) is 0 Å². The number of methoxy groups -OCH3 is 2. The molecule has 0 amide bonds. The average Bonchev–Trinajstić information content (AvgIpc) is 2.37. The van der Waals surface area contributed by atoms with Crippen molar-refractivity contribution in [3.8, 4) is 11.5 Å². The van der Waals surface area contributed by atoms with E-state index in [0.29, 0.717) is 13.1 Å². The van der Waals surface area contributed by atoms with Gasteiger partial charge in [0.1, 0.15) is 11.5 Å². The SMILES string of the molecule is CNCCNS(=O)(=O)c1c(OC)cccc1OC.Cl. The highest BCUT2D eigenvalue weighted by Crippen LogP contribution is 2.32. The van der Waals surface area contributed by atoms with Crippen molar-refractivity contribution in [3.05, 3.63) is 18.2 Å². The van der Waals surface area contributed by atoms with Crippen LogP contribution in [0.15, 0.2) is 23.1 Å². The molecule has 1 aromatic rings. The molecule has 0 saturated carbocycles. The summed E-state index contributed by atoms with van der Waals surface area (Å²) in [5, 5.41) is 2.86. The van der Waals surface area contributed by atoms with E-state index in [2.05, 4.69) is 10.0 Å². The number of hydrogen-bond donors (Lipinski definition) is 2. The quantitative estimate of drug-likeness (QED) is 0.722. The lowest BCUT2D eigenvalue weighted by Crippen LogP contribution is -2.31. The molecule has 0 aliphatic rings. The van der Waals surface area contributed by atoms with Crippen LogP contribution in [-0.2, 0) is 10.0 Å². The molecule has 0 atom stereocenters. The second-order valence-corrected chi connectivity index (χ2v) is 5.20. The first-order chi connectivity index (χ1) is 8.56. The van der Waals surface area contributed by atoms with Gasteiger partial charge in [-0.3, -0.25) is 0 Å². The Balaban J connectivity index is 0.00000324. The van der Waals surface area contributed by atoms with Crippen LogP contribution in [0, 0.1) is 0 Å². The molecule has 0 aromatic heterocycles. The van der Waals surface area contributed by atoms with Crippen LogP contribution < -0.4 is 19.5 Å². The smallest absolute Gasteiger partial charge is 0.248 e. The standard InChI is InChI=1S/C11H18N2O4S.ClH/c1-12-7-8-13-18(14,15)11-9(16-2)5-4-6-10(11)17-3;/h4-6,12-13H,7-8H2,1-3H3;1H. The van der Waals surface area contributed by atoms with Crippen LogP contribution in [0.2, 0.25) is 0 Å². The minimum atomic E-state index is -3.66. The molecule has 0 saturated heterocycles. The van der Waals surface area contributed by atoms with Gasteiger partial charge in [0.2, 0.25) is 10.0 Å². The highest BCUT2D eigenvalue weighted by molar-refractivity contribution is 7.89. The monoisotopic (exact) mass is 310 g/mol. The Kier molecular flexibility index (Phi) is 7.77. The summed E-state index contributed by atoms with van der Waals surface area (Å²) in [5.74, 6) is 0.512. The Bertz CT molecular complexity index is 471. The van der Waals surface area contributed by atoms with Gasteiger partial charge in [0, 0.05) is 13.1 Å². The number of ether oxygens (including phenoxy) is 2. The third-order valence-electron chi connectivity index (χ3n) is 2.32. The van der Waals surface area contributed by atoms with E-state index in [1.807, 2.05) is 0 Å². The number of hydrogen-bond acceptors (Lipinski definition) is 5. The number of halogens is 1. The van der Waals surface area contributed by atoms with Crippen molar-refractivity contribution < 1.29 is 17.9 Å². The number of nitrogens with one attached hydrogen (secondary N) is 2. The summed E-state index contributed by atoms with van der Waals surface area (Å²) in [6.07, 6.45) is 0. The van der Waals surface area contributed by atoms with Gasteiger partial charge in [-0.1, -0.05) is 6.07 Å². The fourth-order valence-corrected chi connectivity index (χ4v) is 2.81.